The van der Waals surface area contributed by atoms with Gasteiger partial charge in [0.2, 0.25) is 10.0 Å². The number of hydrogen-bond donors (Lipinski definition) is 2. The number of aliphatic hydroxyl groups excluding tert-OH is 1. The van der Waals surface area contributed by atoms with Crippen molar-refractivity contribution < 1.29 is 27.8 Å². The molecule has 0 saturated heterocycles. The third-order valence-corrected chi connectivity index (χ3v) is 4.37. The molecule has 0 aromatic heterocycles. The number of hydrogen-bond acceptors (Lipinski definition) is 4. The lowest BCUT2D eigenvalue weighted by Crippen LogP contribution is -2.30. The second-order valence-corrected chi connectivity index (χ2v) is 5.92. The molecule has 0 unspecified atom stereocenters. The summed E-state index contributed by atoms with van der Waals surface area (Å²) in [5.41, 5.74) is 0.230. The number of carbonyl (C=O) groups is 1. The van der Waals surface area contributed by atoms with Gasteiger partial charge in [0.1, 0.15) is 10.7 Å². The number of nitrogens with zero attached hydrogens (tertiary/aromatic N) is 1. The summed E-state index contributed by atoms with van der Waals surface area (Å²) >= 11 is 0. The van der Waals surface area contributed by atoms with E-state index in [2.05, 4.69) is 0 Å². The van der Waals surface area contributed by atoms with Crippen LogP contribution in [0.15, 0.2) is 29.2 Å². The van der Waals surface area contributed by atoms with Crippen LogP contribution in [0.4, 0.5) is 4.39 Å². The first-order chi connectivity index (χ1) is 9.28. The van der Waals surface area contributed by atoms with Gasteiger partial charge in [0.05, 0.1) is 6.61 Å². The van der Waals surface area contributed by atoms with E-state index in [1.807, 2.05) is 0 Å². The number of carboxylic acid groups (broad SMARTS) is 1. The Morgan fingerprint density at radius 2 is 2.10 bits per heavy atom. The predicted molar refractivity (Wildman–Crippen MR) is 70.0 cm³/mol. The molecule has 0 spiro atoms. The molecule has 0 amide bonds. The number of aliphatic carboxylic acids is 1. The maximum Gasteiger partial charge on any atom is 0.328 e. The van der Waals surface area contributed by atoms with Crippen LogP contribution in [0.1, 0.15) is 5.56 Å². The molecule has 0 fully saturated rings. The first-order valence-corrected chi connectivity index (χ1v) is 7.01. The lowest BCUT2D eigenvalue weighted by atomic mass is 10.2. The highest BCUT2D eigenvalue weighted by atomic mass is 32.2. The summed E-state index contributed by atoms with van der Waals surface area (Å²) in [6, 6.07) is 3.28. The molecule has 0 aliphatic heterocycles. The molecule has 0 aliphatic rings. The van der Waals surface area contributed by atoms with Crippen LogP contribution in [0.5, 0.6) is 0 Å². The molecule has 0 bridgehead atoms. The maximum atomic E-state index is 13.8. The fraction of sp³-hybridized carbons (Fsp3) is 0.250. The number of aliphatic hydroxyl groups is 1. The summed E-state index contributed by atoms with van der Waals surface area (Å²) in [6.45, 7) is -0.529. The average molecular weight is 303 g/mol. The van der Waals surface area contributed by atoms with Crippen LogP contribution in [0.2, 0.25) is 0 Å². The summed E-state index contributed by atoms with van der Waals surface area (Å²) in [5.74, 6) is -2.17. The molecular formula is C12H14FNO5S. The van der Waals surface area contributed by atoms with E-state index in [0.717, 1.165) is 28.6 Å². The first-order valence-electron chi connectivity index (χ1n) is 5.57. The second-order valence-electron chi connectivity index (χ2n) is 3.91. The van der Waals surface area contributed by atoms with Gasteiger partial charge in [0.25, 0.3) is 0 Å². The van der Waals surface area contributed by atoms with Crippen molar-refractivity contribution in [3.63, 3.8) is 0 Å². The Bertz CT molecular complexity index is 627. The van der Waals surface area contributed by atoms with Crippen molar-refractivity contribution in [2.24, 2.45) is 0 Å². The van der Waals surface area contributed by atoms with E-state index in [0.29, 0.717) is 0 Å². The van der Waals surface area contributed by atoms with Gasteiger partial charge < -0.3 is 10.2 Å². The Kier molecular flexibility index (Phi) is 5.37. The molecule has 6 nitrogen and oxygen atoms in total. The van der Waals surface area contributed by atoms with Gasteiger partial charge in [0, 0.05) is 19.7 Å². The predicted octanol–water partition coefficient (Wildman–Crippen LogP) is 0.536. The molecule has 20 heavy (non-hydrogen) atoms. The molecule has 110 valence electrons. The normalized spacial score (nSPS) is 12.2. The number of sulfonamides is 1. The minimum atomic E-state index is -4.02. The number of benzene rings is 1. The van der Waals surface area contributed by atoms with Gasteiger partial charge in [-0.05, 0) is 23.8 Å². The summed E-state index contributed by atoms with van der Waals surface area (Å²) < 4.78 is 38.6. The molecule has 2 N–H and O–H groups in total. The highest BCUT2D eigenvalue weighted by Crippen LogP contribution is 2.20. The standard InChI is InChI=1S/C12H14FNO5S/c1-14(6-7-15)20(18,19)11-4-2-9(8-10(11)13)3-5-12(16)17/h2-5,8,15H,6-7H2,1H3,(H,16,17)/b5-3+. The van der Waals surface area contributed by atoms with E-state index < -0.39 is 26.7 Å². The minimum Gasteiger partial charge on any atom is -0.478 e. The molecule has 1 aromatic rings. The van der Waals surface area contributed by atoms with E-state index in [-0.39, 0.29) is 18.7 Å². The van der Waals surface area contributed by atoms with Gasteiger partial charge in [-0.1, -0.05) is 6.07 Å². The van der Waals surface area contributed by atoms with Gasteiger partial charge >= 0.3 is 5.97 Å². The van der Waals surface area contributed by atoms with Crippen LogP contribution in [-0.2, 0) is 14.8 Å². The van der Waals surface area contributed by atoms with E-state index in [9.17, 15) is 17.6 Å². The van der Waals surface area contributed by atoms with E-state index in [1.54, 1.807) is 0 Å². The molecule has 8 heteroatoms. The Labute approximate surface area is 115 Å². The molecule has 0 saturated carbocycles. The summed E-state index contributed by atoms with van der Waals surface area (Å²) in [6.07, 6.45) is 1.97. The Hall–Kier alpha value is -1.77. The van der Waals surface area contributed by atoms with E-state index in [1.165, 1.54) is 13.1 Å². The van der Waals surface area contributed by atoms with Crippen LogP contribution in [0.3, 0.4) is 0 Å². The average Bonchev–Trinajstić information content (AvgIpc) is 2.36. The smallest absolute Gasteiger partial charge is 0.328 e. The SMILES string of the molecule is CN(CCO)S(=O)(=O)c1ccc(/C=C/C(=O)O)cc1F. The summed E-state index contributed by atoms with van der Waals surface area (Å²) in [4.78, 5) is 9.81. The molecular weight excluding hydrogens is 289 g/mol. The van der Waals surface area contributed by atoms with Crippen LogP contribution >= 0.6 is 0 Å². The lowest BCUT2D eigenvalue weighted by Gasteiger charge is -2.16. The Balaban J connectivity index is 3.13. The van der Waals surface area contributed by atoms with Crippen molar-refractivity contribution in [1.29, 1.82) is 0 Å². The number of carboxylic acids is 1. The fourth-order valence-corrected chi connectivity index (χ4v) is 2.63. The highest BCUT2D eigenvalue weighted by molar-refractivity contribution is 7.89. The lowest BCUT2D eigenvalue weighted by molar-refractivity contribution is -0.131. The van der Waals surface area contributed by atoms with Crippen LogP contribution < -0.4 is 0 Å². The second kappa shape index (κ2) is 6.60. The van der Waals surface area contributed by atoms with Gasteiger partial charge in [-0.3, -0.25) is 0 Å². The van der Waals surface area contributed by atoms with Crippen LogP contribution in [0, 0.1) is 5.82 Å². The number of halogens is 1. The molecule has 0 radical (unpaired) electrons. The topological polar surface area (TPSA) is 94.9 Å². The summed E-state index contributed by atoms with van der Waals surface area (Å²) in [7, 11) is -2.80. The third kappa shape index (κ3) is 3.86. The zero-order chi connectivity index (χ0) is 15.3. The van der Waals surface area contributed by atoms with Gasteiger partial charge in [-0.15, -0.1) is 0 Å². The van der Waals surface area contributed by atoms with Crippen LogP contribution in [0.25, 0.3) is 6.08 Å². The maximum absolute atomic E-state index is 13.8. The minimum absolute atomic E-state index is 0.150. The highest BCUT2D eigenvalue weighted by Gasteiger charge is 2.23. The monoisotopic (exact) mass is 303 g/mol. The largest absolute Gasteiger partial charge is 0.478 e. The molecule has 0 heterocycles. The van der Waals surface area contributed by atoms with E-state index >= 15 is 0 Å². The van der Waals surface area contributed by atoms with Crippen molar-refractivity contribution in [2.45, 2.75) is 4.90 Å². The quantitative estimate of drug-likeness (QED) is 0.748. The zero-order valence-electron chi connectivity index (χ0n) is 10.7. The van der Waals surface area contributed by atoms with Crippen molar-refractivity contribution >= 4 is 22.1 Å². The third-order valence-electron chi connectivity index (χ3n) is 2.48. The number of rotatable bonds is 6. The van der Waals surface area contributed by atoms with Crippen molar-refractivity contribution in [1.82, 2.24) is 4.31 Å². The Morgan fingerprint density at radius 3 is 2.60 bits per heavy atom. The molecule has 1 aromatic carbocycles. The molecule has 0 atom stereocenters. The van der Waals surface area contributed by atoms with E-state index in [4.69, 9.17) is 10.2 Å². The van der Waals surface area contributed by atoms with Crippen molar-refractivity contribution in [3.05, 3.63) is 35.7 Å². The number of likely N-dealkylation sites (N-methyl/N-ethyl adjacent to an activating group) is 1. The first kappa shape index (κ1) is 16.3. The van der Waals surface area contributed by atoms with Gasteiger partial charge in [-0.2, -0.15) is 4.31 Å². The van der Waals surface area contributed by atoms with Crippen LogP contribution in [-0.4, -0.2) is 49.1 Å². The van der Waals surface area contributed by atoms with Gasteiger partial charge in [0.15, 0.2) is 0 Å². The fourth-order valence-electron chi connectivity index (χ4n) is 1.43. The van der Waals surface area contributed by atoms with Crippen molar-refractivity contribution in [2.75, 3.05) is 20.2 Å². The Morgan fingerprint density at radius 1 is 1.45 bits per heavy atom. The molecule has 1 rings (SSSR count). The van der Waals surface area contributed by atoms with Gasteiger partial charge in [-0.25, -0.2) is 17.6 Å². The molecule has 0 aliphatic carbocycles. The summed E-state index contributed by atoms with van der Waals surface area (Å²) in [5, 5.41) is 17.2. The van der Waals surface area contributed by atoms with Crippen molar-refractivity contribution in [3.8, 4) is 0 Å². The zero-order valence-corrected chi connectivity index (χ0v) is 11.5.